The second-order valence-corrected chi connectivity index (χ2v) is 14.9. The number of aromatic nitrogens is 2. The van der Waals surface area contributed by atoms with E-state index in [1.54, 1.807) is 4.90 Å². The van der Waals surface area contributed by atoms with Gasteiger partial charge in [0.15, 0.2) is 11.6 Å². The number of anilines is 2. The summed E-state index contributed by atoms with van der Waals surface area (Å²) in [6, 6.07) is 4.67. The van der Waals surface area contributed by atoms with Crippen molar-refractivity contribution in [3.8, 4) is 29.0 Å². The highest BCUT2D eigenvalue weighted by Crippen LogP contribution is 2.51. The third kappa shape index (κ3) is 4.82. The lowest BCUT2D eigenvalue weighted by molar-refractivity contribution is -0.117. The molecule has 0 saturated carbocycles. The lowest BCUT2D eigenvalue weighted by Gasteiger charge is -2.35. The molecule has 2 aromatic carbocycles. The van der Waals surface area contributed by atoms with E-state index < -0.39 is 11.6 Å². The average Bonchev–Trinajstić information content (AvgIpc) is 3.66. The third-order valence-electron chi connectivity index (χ3n) is 10.6. The van der Waals surface area contributed by atoms with Crippen LogP contribution in [0.5, 0.6) is 11.8 Å². The number of amides is 1. The standard InChI is InChI=1S/C34H34ClF2N7O3S/c1-18-13-34(7-2-8-43(34)15-18)16-47-33-40-28-25-29(46-12-6-19-5-9-42(17-45)10-11-44(19)32(25)41-33)26(35)24(27(28)37)20-3-4-22(36)30-23(20)21(14-38)31(39)48-30/h3-4,17-19H,2,5-13,15-16,39H2,1H3/t18-,19?,34+/m1/s1. The van der Waals surface area contributed by atoms with Gasteiger partial charge in [-0.1, -0.05) is 24.6 Å². The SMILES string of the molecule is C[C@H]1CN2CCC[C@@]2(COc2nc3c4c(c(Cl)c(-c5ccc(F)c6sc(N)c(C#N)c56)c(F)c4n2)OCCC2CCN(C=O)CCN32)C1. The molecule has 6 heterocycles. The van der Waals surface area contributed by atoms with Crippen LogP contribution in [-0.4, -0.2) is 83.7 Å². The van der Waals surface area contributed by atoms with Crippen LogP contribution in [0.1, 0.15) is 44.6 Å². The highest BCUT2D eigenvalue weighted by Gasteiger charge is 2.48. The van der Waals surface area contributed by atoms with Gasteiger partial charge in [-0.05, 0) is 49.8 Å². The van der Waals surface area contributed by atoms with E-state index in [0.29, 0.717) is 56.2 Å². The molecule has 4 aromatic rings. The monoisotopic (exact) mass is 693 g/mol. The van der Waals surface area contributed by atoms with Gasteiger partial charge in [0.05, 0.1) is 32.8 Å². The van der Waals surface area contributed by atoms with Crippen molar-refractivity contribution in [2.24, 2.45) is 5.92 Å². The van der Waals surface area contributed by atoms with Gasteiger partial charge in [-0.2, -0.15) is 15.2 Å². The Morgan fingerprint density at radius 1 is 1.23 bits per heavy atom. The van der Waals surface area contributed by atoms with E-state index in [0.717, 1.165) is 50.1 Å². The summed E-state index contributed by atoms with van der Waals surface area (Å²) in [6.45, 7) is 6.41. The van der Waals surface area contributed by atoms with Crippen LogP contribution in [-0.2, 0) is 4.79 Å². The number of carbonyl (C=O) groups is 1. The number of carbonyl (C=O) groups excluding carboxylic acids is 1. The number of fused-ring (bicyclic) bond motifs is 4. The molecule has 10 nitrogen and oxygen atoms in total. The van der Waals surface area contributed by atoms with Gasteiger partial charge < -0.3 is 25.0 Å². The van der Waals surface area contributed by atoms with Crippen molar-refractivity contribution in [2.75, 3.05) is 56.6 Å². The lowest BCUT2D eigenvalue weighted by Crippen LogP contribution is -2.43. The predicted octanol–water partition coefficient (Wildman–Crippen LogP) is 5.97. The topological polar surface area (TPSA) is 121 Å². The molecule has 1 unspecified atom stereocenters. The number of nitrogen functional groups attached to an aromatic ring is 1. The molecule has 3 atom stereocenters. The summed E-state index contributed by atoms with van der Waals surface area (Å²) in [5, 5.41) is 10.5. The minimum atomic E-state index is -0.769. The third-order valence-corrected chi connectivity index (χ3v) is 11.9. The molecular weight excluding hydrogens is 660 g/mol. The first-order valence-electron chi connectivity index (χ1n) is 16.3. The minimum absolute atomic E-state index is 0.0361. The lowest BCUT2D eigenvalue weighted by atomic mass is 9.92. The van der Waals surface area contributed by atoms with Crippen molar-refractivity contribution < 1.29 is 23.0 Å². The van der Waals surface area contributed by atoms with Crippen molar-refractivity contribution in [3.63, 3.8) is 0 Å². The number of benzene rings is 2. The summed E-state index contributed by atoms with van der Waals surface area (Å²) in [5.74, 6) is -0.180. The van der Waals surface area contributed by atoms with Gasteiger partial charge in [0.2, 0.25) is 6.41 Å². The Morgan fingerprint density at radius 2 is 2.08 bits per heavy atom. The Balaban J connectivity index is 1.35. The molecule has 14 heteroatoms. The summed E-state index contributed by atoms with van der Waals surface area (Å²) in [7, 11) is 0. The summed E-state index contributed by atoms with van der Waals surface area (Å²) in [6.07, 6.45) is 5.22. The van der Waals surface area contributed by atoms with E-state index in [2.05, 4.69) is 27.8 Å². The van der Waals surface area contributed by atoms with E-state index in [1.807, 2.05) is 0 Å². The Hall–Kier alpha value is -3.99. The number of thiophene rings is 1. The highest BCUT2D eigenvalue weighted by molar-refractivity contribution is 7.23. The number of nitriles is 1. The molecule has 0 aliphatic carbocycles. The van der Waals surface area contributed by atoms with Crippen molar-refractivity contribution in [3.05, 3.63) is 34.4 Å². The molecule has 8 rings (SSSR count). The largest absolute Gasteiger partial charge is 0.491 e. The Bertz CT molecular complexity index is 2020. The van der Waals surface area contributed by atoms with Crippen LogP contribution in [0.4, 0.5) is 19.6 Å². The average molecular weight is 694 g/mol. The fourth-order valence-corrected chi connectivity index (χ4v) is 9.67. The van der Waals surface area contributed by atoms with Crippen molar-refractivity contribution in [1.82, 2.24) is 19.8 Å². The first-order chi connectivity index (χ1) is 23.2. The Morgan fingerprint density at radius 3 is 2.90 bits per heavy atom. The molecule has 4 aliphatic heterocycles. The van der Waals surface area contributed by atoms with Crippen LogP contribution in [0.3, 0.4) is 0 Å². The van der Waals surface area contributed by atoms with E-state index in [1.165, 1.54) is 12.1 Å². The summed E-state index contributed by atoms with van der Waals surface area (Å²) in [4.78, 5) is 27.7. The molecule has 2 aromatic heterocycles. The summed E-state index contributed by atoms with van der Waals surface area (Å²) in [5.41, 5.74) is 6.13. The van der Waals surface area contributed by atoms with Crippen LogP contribution in [0, 0.1) is 28.9 Å². The fourth-order valence-electron chi connectivity index (χ4n) is 8.39. The molecule has 3 saturated heterocycles. The first-order valence-corrected chi connectivity index (χ1v) is 17.5. The number of ether oxygens (including phenoxy) is 2. The van der Waals surface area contributed by atoms with Crippen molar-refractivity contribution in [2.45, 2.75) is 50.6 Å². The van der Waals surface area contributed by atoms with E-state index in [-0.39, 0.29) is 72.3 Å². The molecule has 0 radical (unpaired) electrons. The second kappa shape index (κ2) is 11.9. The van der Waals surface area contributed by atoms with Gasteiger partial charge >= 0.3 is 6.01 Å². The van der Waals surface area contributed by atoms with Crippen LogP contribution in [0.2, 0.25) is 5.02 Å². The van der Waals surface area contributed by atoms with Crippen LogP contribution >= 0.6 is 22.9 Å². The van der Waals surface area contributed by atoms with Gasteiger partial charge in [-0.25, -0.2) is 8.78 Å². The molecule has 4 aliphatic rings. The van der Waals surface area contributed by atoms with Gasteiger partial charge in [0, 0.05) is 49.6 Å². The number of rotatable bonds is 5. The zero-order valence-electron chi connectivity index (χ0n) is 26.4. The van der Waals surface area contributed by atoms with Crippen LogP contribution < -0.4 is 20.1 Å². The predicted molar refractivity (Wildman–Crippen MR) is 181 cm³/mol. The summed E-state index contributed by atoms with van der Waals surface area (Å²) >= 11 is 8.01. The second-order valence-electron chi connectivity index (χ2n) is 13.4. The Labute approximate surface area is 285 Å². The molecule has 2 N–H and O–H groups in total. The fraction of sp³-hybridized carbons (Fsp3) is 0.471. The quantitative estimate of drug-likeness (QED) is 0.252. The number of nitrogens with two attached hydrogens (primary N) is 1. The number of nitrogens with zero attached hydrogens (tertiary/aromatic N) is 6. The zero-order valence-corrected chi connectivity index (χ0v) is 28.0. The normalized spacial score (nSPS) is 24.1. The molecule has 1 amide bonds. The maximum absolute atomic E-state index is 17.3. The summed E-state index contributed by atoms with van der Waals surface area (Å²) < 4.78 is 45.2. The molecule has 250 valence electrons. The van der Waals surface area contributed by atoms with Crippen LogP contribution in [0.15, 0.2) is 12.1 Å². The Kier molecular flexibility index (Phi) is 7.73. The maximum Gasteiger partial charge on any atom is 0.319 e. The number of hydrogen-bond donors (Lipinski definition) is 1. The molecule has 0 bridgehead atoms. The van der Waals surface area contributed by atoms with Gasteiger partial charge in [0.25, 0.3) is 0 Å². The zero-order chi connectivity index (χ0) is 33.3. The van der Waals surface area contributed by atoms with Gasteiger partial charge in [-0.3, -0.25) is 9.69 Å². The molecule has 48 heavy (non-hydrogen) atoms. The van der Waals surface area contributed by atoms with E-state index in [4.69, 9.17) is 31.8 Å². The van der Waals surface area contributed by atoms with Crippen molar-refractivity contribution in [1.29, 1.82) is 5.26 Å². The highest BCUT2D eigenvalue weighted by atomic mass is 35.5. The van der Waals surface area contributed by atoms with Gasteiger partial charge in [0.1, 0.15) is 34.8 Å². The van der Waals surface area contributed by atoms with E-state index in [9.17, 15) is 10.1 Å². The van der Waals surface area contributed by atoms with Gasteiger partial charge in [-0.15, -0.1) is 11.3 Å². The molecular formula is C34H34ClF2N7O3S. The molecule has 3 fully saturated rings. The van der Waals surface area contributed by atoms with E-state index >= 15 is 8.78 Å². The molecule has 0 spiro atoms. The number of hydrogen-bond acceptors (Lipinski definition) is 10. The minimum Gasteiger partial charge on any atom is -0.491 e. The van der Waals surface area contributed by atoms with Crippen LogP contribution in [0.25, 0.3) is 32.1 Å². The first kappa shape index (κ1) is 31.3. The smallest absolute Gasteiger partial charge is 0.319 e. The number of halogens is 3. The van der Waals surface area contributed by atoms with Crippen molar-refractivity contribution >= 4 is 61.2 Å². The maximum atomic E-state index is 17.3.